The highest BCUT2D eigenvalue weighted by atomic mass is 19.4. The first-order valence-corrected chi connectivity index (χ1v) is 10.5. The van der Waals surface area contributed by atoms with Gasteiger partial charge in [-0.3, -0.25) is 9.59 Å². The van der Waals surface area contributed by atoms with E-state index < -0.39 is 17.7 Å². The number of pyridine rings is 1. The van der Waals surface area contributed by atoms with Gasteiger partial charge in [-0.05, 0) is 30.2 Å². The molecule has 1 atom stereocenters. The summed E-state index contributed by atoms with van der Waals surface area (Å²) < 4.78 is 45.4. The molecule has 3 aromatic rings. The second kappa shape index (κ2) is 10.8. The number of alkyl halides is 3. The van der Waals surface area contributed by atoms with Crippen molar-refractivity contribution in [3.05, 3.63) is 71.7 Å². The van der Waals surface area contributed by atoms with Gasteiger partial charge in [0.15, 0.2) is 0 Å². The topological polar surface area (TPSA) is 106 Å². The molecule has 2 aromatic heterocycles. The molecule has 0 fully saturated rings. The van der Waals surface area contributed by atoms with E-state index >= 15 is 0 Å². The van der Waals surface area contributed by atoms with Gasteiger partial charge < -0.3 is 15.2 Å². The number of aliphatic carboxylic acids is 1. The van der Waals surface area contributed by atoms with E-state index in [0.29, 0.717) is 23.6 Å². The standard InChI is InChI=1S/C23H23F3N4O4/c1-2-3-19(15-4-6-16(7-5-15)22(33)27-11-10-21(31)32)34-20-9-8-18(13-28-20)30-14-17(12-29-30)23(24,25)26/h4-9,12-14,19H,2-3,10-11H2,1H3,(H,27,33)(H,31,32)/t19-/m0/s1. The van der Waals surface area contributed by atoms with Gasteiger partial charge in [0.25, 0.3) is 5.91 Å². The molecule has 0 radical (unpaired) electrons. The first-order chi connectivity index (χ1) is 16.2. The summed E-state index contributed by atoms with van der Waals surface area (Å²) in [5.74, 6) is -1.07. The van der Waals surface area contributed by atoms with Crippen LogP contribution < -0.4 is 10.1 Å². The van der Waals surface area contributed by atoms with Crippen molar-refractivity contribution in [2.24, 2.45) is 0 Å². The maximum Gasteiger partial charge on any atom is 0.419 e. The van der Waals surface area contributed by atoms with E-state index in [0.717, 1.165) is 29.1 Å². The van der Waals surface area contributed by atoms with Crippen LogP contribution in [0.15, 0.2) is 55.0 Å². The zero-order valence-electron chi connectivity index (χ0n) is 18.2. The van der Waals surface area contributed by atoms with E-state index in [1.54, 1.807) is 36.4 Å². The molecular formula is C23H23F3N4O4. The van der Waals surface area contributed by atoms with Gasteiger partial charge in [0.2, 0.25) is 5.88 Å². The Labute approximate surface area is 193 Å². The molecule has 2 heterocycles. The third-order valence-electron chi connectivity index (χ3n) is 4.88. The van der Waals surface area contributed by atoms with Crippen molar-refractivity contribution < 1.29 is 32.6 Å². The molecule has 0 saturated carbocycles. The summed E-state index contributed by atoms with van der Waals surface area (Å²) in [6.45, 7) is 2.03. The number of aromatic nitrogens is 3. The molecule has 1 amide bonds. The summed E-state index contributed by atoms with van der Waals surface area (Å²) in [4.78, 5) is 26.9. The molecule has 11 heteroatoms. The molecule has 34 heavy (non-hydrogen) atoms. The lowest BCUT2D eigenvalue weighted by Crippen LogP contribution is -2.26. The summed E-state index contributed by atoms with van der Waals surface area (Å²) in [7, 11) is 0. The van der Waals surface area contributed by atoms with Crippen LogP contribution in [0.5, 0.6) is 5.88 Å². The molecule has 0 aliphatic carbocycles. The molecule has 8 nitrogen and oxygen atoms in total. The van der Waals surface area contributed by atoms with Crippen LogP contribution in [0.25, 0.3) is 5.69 Å². The van der Waals surface area contributed by atoms with Crippen LogP contribution in [0.3, 0.4) is 0 Å². The molecular weight excluding hydrogens is 453 g/mol. The molecule has 0 bridgehead atoms. The third-order valence-corrected chi connectivity index (χ3v) is 4.88. The van der Waals surface area contributed by atoms with Crippen molar-refractivity contribution in [3.63, 3.8) is 0 Å². The molecule has 2 N–H and O–H groups in total. The lowest BCUT2D eigenvalue weighted by molar-refractivity contribution is -0.138. The second-order valence-corrected chi connectivity index (χ2v) is 7.44. The number of hydrogen-bond donors (Lipinski definition) is 2. The first kappa shape index (κ1) is 24.7. The number of halogens is 3. The normalized spacial score (nSPS) is 12.2. The number of nitrogens with one attached hydrogen (secondary N) is 1. The Morgan fingerprint density at radius 1 is 1.15 bits per heavy atom. The minimum Gasteiger partial charge on any atom is -0.481 e. The average Bonchev–Trinajstić information content (AvgIpc) is 3.30. The Morgan fingerprint density at radius 3 is 2.44 bits per heavy atom. The van der Waals surface area contributed by atoms with Crippen LogP contribution in [0.4, 0.5) is 13.2 Å². The largest absolute Gasteiger partial charge is 0.481 e. The van der Waals surface area contributed by atoms with Crippen LogP contribution in [0, 0.1) is 0 Å². The summed E-state index contributed by atoms with van der Waals surface area (Å²) in [5.41, 5.74) is 0.712. The zero-order chi connectivity index (χ0) is 24.7. The van der Waals surface area contributed by atoms with Crippen molar-refractivity contribution in [1.29, 1.82) is 0 Å². The van der Waals surface area contributed by atoms with E-state index in [9.17, 15) is 22.8 Å². The first-order valence-electron chi connectivity index (χ1n) is 10.5. The molecule has 0 unspecified atom stereocenters. The Bertz CT molecular complexity index is 1110. The van der Waals surface area contributed by atoms with E-state index in [1.165, 1.54) is 6.20 Å². The van der Waals surface area contributed by atoms with Crippen molar-refractivity contribution in [3.8, 4) is 11.6 Å². The number of rotatable bonds is 10. The van der Waals surface area contributed by atoms with Gasteiger partial charge in [-0.25, -0.2) is 9.67 Å². The summed E-state index contributed by atoms with van der Waals surface area (Å²) >= 11 is 0. The van der Waals surface area contributed by atoms with E-state index in [1.807, 2.05) is 6.92 Å². The Morgan fingerprint density at radius 2 is 1.88 bits per heavy atom. The van der Waals surface area contributed by atoms with E-state index in [-0.39, 0.29) is 25.0 Å². The fraction of sp³-hybridized carbons (Fsp3) is 0.304. The van der Waals surface area contributed by atoms with Crippen LogP contribution in [-0.4, -0.2) is 38.3 Å². The molecule has 0 saturated heterocycles. The second-order valence-electron chi connectivity index (χ2n) is 7.44. The van der Waals surface area contributed by atoms with Crippen LogP contribution in [0.2, 0.25) is 0 Å². The number of carboxylic acids is 1. The summed E-state index contributed by atoms with van der Waals surface area (Å²) in [6.07, 6.45) is -0.503. The fourth-order valence-corrected chi connectivity index (χ4v) is 3.12. The van der Waals surface area contributed by atoms with E-state index in [2.05, 4.69) is 15.4 Å². The predicted octanol–water partition coefficient (Wildman–Crippen LogP) is 4.41. The number of carbonyl (C=O) groups excluding carboxylic acids is 1. The highest BCUT2D eigenvalue weighted by Gasteiger charge is 2.32. The lowest BCUT2D eigenvalue weighted by atomic mass is 10.0. The van der Waals surface area contributed by atoms with Gasteiger partial charge in [-0.1, -0.05) is 25.5 Å². The molecule has 0 aliphatic rings. The summed E-state index contributed by atoms with van der Waals surface area (Å²) in [5, 5.41) is 14.9. The number of benzene rings is 1. The van der Waals surface area contributed by atoms with Crippen LogP contribution >= 0.6 is 0 Å². The molecule has 0 aliphatic heterocycles. The fourth-order valence-electron chi connectivity index (χ4n) is 3.12. The number of hydrogen-bond acceptors (Lipinski definition) is 5. The maximum atomic E-state index is 12.8. The van der Waals surface area contributed by atoms with Crippen molar-refractivity contribution in [2.45, 2.75) is 38.5 Å². The highest BCUT2D eigenvalue weighted by Crippen LogP contribution is 2.29. The Kier molecular flexibility index (Phi) is 7.87. The molecule has 1 aromatic carbocycles. The van der Waals surface area contributed by atoms with Crippen LogP contribution in [-0.2, 0) is 11.0 Å². The van der Waals surface area contributed by atoms with Gasteiger partial charge in [-0.15, -0.1) is 0 Å². The molecule has 3 rings (SSSR count). The molecule has 0 spiro atoms. The number of carboxylic acid groups (broad SMARTS) is 1. The Hall–Kier alpha value is -3.89. The number of amides is 1. The highest BCUT2D eigenvalue weighted by molar-refractivity contribution is 5.94. The van der Waals surface area contributed by atoms with Crippen LogP contribution in [0.1, 0.15) is 53.8 Å². The number of nitrogens with zero attached hydrogens (tertiary/aromatic N) is 3. The number of carbonyl (C=O) groups is 2. The van der Waals surface area contributed by atoms with Gasteiger partial charge in [0, 0.05) is 24.4 Å². The smallest absolute Gasteiger partial charge is 0.419 e. The van der Waals surface area contributed by atoms with Gasteiger partial charge in [0.05, 0.1) is 30.1 Å². The number of ether oxygens (including phenoxy) is 1. The van der Waals surface area contributed by atoms with Crippen molar-refractivity contribution >= 4 is 11.9 Å². The minimum atomic E-state index is -4.48. The van der Waals surface area contributed by atoms with E-state index in [4.69, 9.17) is 9.84 Å². The predicted molar refractivity (Wildman–Crippen MR) is 116 cm³/mol. The minimum absolute atomic E-state index is 0.0369. The van der Waals surface area contributed by atoms with Gasteiger partial charge in [0.1, 0.15) is 6.10 Å². The quantitative estimate of drug-likeness (QED) is 0.449. The van der Waals surface area contributed by atoms with Crippen molar-refractivity contribution in [1.82, 2.24) is 20.1 Å². The zero-order valence-corrected chi connectivity index (χ0v) is 18.2. The lowest BCUT2D eigenvalue weighted by Gasteiger charge is -2.19. The third kappa shape index (κ3) is 6.56. The average molecular weight is 476 g/mol. The SMILES string of the molecule is CCC[C@H](Oc1ccc(-n2cc(C(F)(F)F)cn2)cn1)c1ccc(C(=O)NCCC(=O)O)cc1. The van der Waals surface area contributed by atoms with Gasteiger partial charge >= 0.3 is 12.1 Å². The summed E-state index contributed by atoms with van der Waals surface area (Å²) in [6, 6.07) is 9.88. The monoisotopic (exact) mass is 476 g/mol. The Balaban J connectivity index is 1.67. The molecule has 180 valence electrons. The maximum absolute atomic E-state index is 12.8. The van der Waals surface area contributed by atoms with Gasteiger partial charge in [-0.2, -0.15) is 18.3 Å². The van der Waals surface area contributed by atoms with Crippen molar-refractivity contribution in [2.75, 3.05) is 6.54 Å².